The van der Waals surface area contributed by atoms with Gasteiger partial charge in [-0.25, -0.2) is 9.00 Å². The Balaban J connectivity index is 1.13. The van der Waals surface area contributed by atoms with Crippen molar-refractivity contribution in [3.63, 3.8) is 0 Å². The molecule has 0 radical (unpaired) electrons. The molecule has 1 aliphatic carbocycles. The first-order valence-electron chi connectivity index (χ1n) is 14.1. The smallest absolute Gasteiger partial charge is 0.327 e. The number of rotatable bonds is 7. The zero-order valence-electron chi connectivity index (χ0n) is 23.4. The molecule has 218 valence electrons. The molecule has 1 aliphatic heterocycles. The molecule has 3 amide bonds. The van der Waals surface area contributed by atoms with E-state index in [-0.39, 0.29) is 11.4 Å². The fourth-order valence-corrected chi connectivity index (χ4v) is 7.40. The molecule has 3 heterocycles. The number of aromatic nitrogens is 1. The second kappa shape index (κ2) is 11.0. The molecule has 10 heteroatoms. The Hall–Kier alpha value is -3.92. The third-order valence-electron chi connectivity index (χ3n) is 8.36. The molecule has 0 bridgehead atoms. The highest BCUT2D eigenvalue weighted by atomic mass is 35.5. The minimum absolute atomic E-state index is 0.0294. The summed E-state index contributed by atoms with van der Waals surface area (Å²) in [4.78, 5) is 28.4. The molecule has 1 unspecified atom stereocenters. The third-order valence-corrected chi connectivity index (χ3v) is 10.4. The van der Waals surface area contributed by atoms with Gasteiger partial charge in [0.2, 0.25) is 0 Å². The van der Waals surface area contributed by atoms with E-state index in [9.17, 15) is 13.8 Å². The summed E-state index contributed by atoms with van der Waals surface area (Å²) in [5, 5.41) is 8.92. The Morgan fingerprint density at radius 1 is 1.02 bits per heavy atom. The van der Waals surface area contributed by atoms with E-state index in [1.54, 1.807) is 40.5 Å². The molecular weight excluding hydrogens is 600 g/mol. The Labute approximate surface area is 261 Å². The topological polar surface area (TPSA) is 83.4 Å². The van der Waals surface area contributed by atoms with Gasteiger partial charge < -0.3 is 14.8 Å². The van der Waals surface area contributed by atoms with Crippen LogP contribution in [0.1, 0.15) is 34.5 Å². The van der Waals surface area contributed by atoms with Crippen molar-refractivity contribution in [3.05, 3.63) is 105 Å². The van der Waals surface area contributed by atoms with Crippen molar-refractivity contribution in [2.45, 2.75) is 36.1 Å². The minimum atomic E-state index is -1.68. The maximum atomic E-state index is 13.5. The molecule has 7 rings (SSSR count). The fraction of sp³-hybridized carbons (Fsp3) is 0.212. The van der Waals surface area contributed by atoms with Crippen molar-refractivity contribution in [3.8, 4) is 16.8 Å². The van der Waals surface area contributed by atoms with Crippen molar-refractivity contribution in [1.29, 1.82) is 0 Å². The molecule has 3 aromatic carbocycles. The van der Waals surface area contributed by atoms with Gasteiger partial charge in [0.1, 0.15) is 5.69 Å². The van der Waals surface area contributed by atoms with Crippen LogP contribution >= 0.6 is 22.9 Å². The summed E-state index contributed by atoms with van der Waals surface area (Å²) in [5.74, 6) is 0.0294. The highest BCUT2D eigenvalue weighted by Gasteiger charge is 2.44. The van der Waals surface area contributed by atoms with Crippen LogP contribution in [0, 0.1) is 0 Å². The molecule has 1 atom stereocenters. The quantitative estimate of drug-likeness (QED) is 0.209. The Kier molecular flexibility index (Phi) is 7.12. The number of fused-ring (bicyclic) bond motifs is 3. The molecule has 1 fully saturated rings. The van der Waals surface area contributed by atoms with E-state index >= 15 is 0 Å². The second-order valence-corrected chi connectivity index (χ2v) is 13.7. The molecule has 5 aromatic rings. The number of hydrogen-bond donors (Lipinski definition) is 2. The molecule has 2 N–H and O–H groups in total. The van der Waals surface area contributed by atoms with Crippen LogP contribution in [0.2, 0.25) is 5.02 Å². The lowest BCUT2D eigenvalue weighted by Gasteiger charge is -2.24. The average Bonchev–Trinajstić information content (AvgIpc) is 3.39. The SMILES string of the molecule is CN1CCc2c(n(-c3ccc(CC4(NC(=O)NS(=O)c5ccc(Cl)cc5)CC4)cc3)c3ccc(-c4ccsc4)cc23)C1=O. The predicted molar refractivity (Wildman–Crippen MR) is 172 cm³/mol. The number of nitrogens with one attached hydrogen (secondary N) is 2. The van der Waals surface area contributed by atoms with E-state index in [2.05, 4.69) is 73.9 Å². The first-order chi connectivity index (χ1) is 20.8. The number of amides is 3. The highest BCUT2D eigenvalue weighted by Crippen LogP contribution is 2.40. The van der Waals surface area contributed by atoms with Crippen LogP contribution in [0.25, 0.3) is 27.7 Å². The largest absolute Gasteiger partial charge is 0.340 e. The minimum Gasteiger partial charge on any atom is -0.340 e. The van der Waals surface area contributed by atoms with Gasteiger partial charge in [-0.1, -0.05) is 29.8 Å². The van der Waals surface area contributed by atoms with Gasteiger partial charge in [-0.2, -0.15) is 11.3 Å². The van der Waals surface area contributed by atoms with Gasteiger partial charge in [0.15, 0.2) is 11.0 Å². The van der Waals surface area contributed by atoms with E-state index in [4.69, 9.17) is 11.6 Å². The van der Waals surface area contributed by atoms with Crippen LogP contribution in [0.3, 0.4) is 0 Å². The zero-order chi connectivity index (χ0) is 29.7. The number of halogens is 1. The molecule has 0 saturated heterocycles. The number of benzene rings is 3. The van der Waals surface area contributed by atoms with Gasteiger partial charge in [0, 0.05) is 35.2 Å². The summed E-state index contributed by atoms with van der Waals surface area (Å²) in [6, 6.07) is 22.9. The van der Waals surface area contributed by atoms with Crippen LogP contribution in [0.4, 0.5) is 4.79 Å². The zero-order valence-corrected chi connectivity index (χ0v) is 25.8. The molecule has 1 saturated carbocycles. The van der Waals surface area contributed by atoms with Gasteiger partial charge in [0.25, 0.3) is 5.91 Å². The van der Waals surface area contributed by atoms with E-state index in [1.807, 2.05) is 7.05 Å². The van der Waals surface area contributed by atoms with Crippen molar-refractivity contribution in [2.24, 2.45) is 0 Å². The third kappa shape index (κ3) is 5.37. The molecular formula is C33H29ClN4O3S2. The maximum Gasteiger partial charge on any atom is 0.327 e. The van der Waals surface area contributed by atoms with Crippen LogP contribution in [-0.4, -0.2) is 44.7 Å². The number of likely N-dealkylation sites (N-methyl/N-ethyl adjacent to an activating group) is 1. The lowest BCUT2D eigenvalue weighted by molar-refractivity contribution is 0.0773. The van der Waals surface area contributed by atoms with Gasteiger partial charge in [-0.3, -0.25) is 9.52 Å². The number of urea groups is 1. The van der Waals surface area contributed by atoms with Crippen LogP contribution in [-0.2, 0) is 23.8 Å². The Morgan fingerprint density at radius 2 is 1.79 bits per heavy atom. The summed E-state index contributed by atoms with van der Waals surface area (Å²) in [6.07, 6.45) is 3.16. The number of hydrogen-bond acceptors (Lipinski definition) is 4. The monoisotopic (exact) mass is 628 g/mol. The Morgan fingerprint density at radius 3 is 2.49 bits per heavy atom. The van der Waals surface area contributed by atoms with E-state index in [1.165, 1.54) is 5.56 Å². The van der Waals surface area contributed by atoms with E-state index in [0.717, 1.165) is 58.2 Å². The predicted octanol–water partition coefficient (Wildman–Crippen LogP) is 6.74. The van der Waals surface area contributed by atoms with Gasteiger partial charge in [-0.05, 0) is 113 Å². The molecule has 0 spiro atoms. The molecule has 7 nitrogen and oxygen atoms in total. The standard InChI is InChI=1S/C33H29ClN4O3S2/c1-37-16-12-27-28-18-22(23-13-17-42-20-23)4-11-29(28)38(30(27)31(37)39)25-7-2-21(3-8-25)19-33(14-15-33)35-32(40)36-43(41)26-9-5-24(34)6-10-26/h2-11,13,17-18,20H,12,14-16,19H2,1H3,(H2,35,36,40). The summed E-state index contributed by atoms with van der Waals surface area (Å²) in [5.41, 5.74) is 6.82. The maximum absolute atomic E-state index is 13.5. The van der Waals surface area contributed by atoms with Crippen molar-refractivity contribution >= 4 is 56.8 Å². The summed E-state index contributed by atoms with van der Waals surface area (Å²) < 4.78 is 17.2. The second-order valence-electron chi connectivity index (χ2n) is 11.3. The van der Waals surface area contributed by atoms with E-state index in [0.29, 0.717) is 22.9 Å². The summed E-state index contributed by atoms with van der Waals surface area (Å²) in [6.45, 7) is 0.697. The molecule has 2 aliphatic rings. The van der Waals surface area contributed by atoms with Crippen molar-refractivity contribution < 1.29 is 13.8 Å². The summed E-state index contributed by atoms with van der Waals surface area (Å²) in [7, 11) is 0.179. The number of carbonyl (C=O) groups excluding carboxylic acids is 2. The van der Waals surface area contributed by atoms with Gasteiger partial charge in [0.05, 0.1) is 10.4 Å². The highest BCUT2D eigenvalue weighted by molar-refractivity contribution is 7.83. The molecule has 2 aromatic heterocycles. The first-order valence-corrected chi connectivity index (χ1v) is 16.6. The van der Waals surface area contributed by atoms with Gasteiger partial charge >= 0.3 is 6.03 Å². The average molecular weight is 629 g/mol. The number of thiophene rings is 1. The summed E-state index contributed by atoms with van der Waals surface area (Å²) >= 11 is 7.58. The van der Waals surface area contributed by atoms with Crippen molar-refractivity contribution in [1.82, 2.24) is 19.5 Å². The fourth-order valence-electron chi connectivity index (χ4n) is 5.89. The lowest BCUT2D eigenvalue weighted by Crippen LogP contribution is -2.45. The number of nitrogens with zero attached hydrogens (tertiary/aromatic N) is 2. The molecule has 43 heavy (non-hydrogen) atoms. The van der Waals surface area contributed by atoms with Crippen molar-refractivity contribution in [2.75, 3.05) is 13.6 Å². The lowest BCUT2D eigenvalue weighted by atomic mass is 10.0. The first kappa shape index (κ1) is 27.9. The van der Waals surface area contributed by atoms with Crippen LogP contribution in [0.15, 0.2) is 88.5 Å². The normalized spacial score (nSPS) is 16.1. The van der Waals surface area contributed by atoms with E-state index < -0.39 is 17.0 Å². The van der Waals surface area contributed by atoms with Crippen LogP contribution in [0.5, 0.6) is 0 Å². The van der Waals surface area contributed by atoms with Crippen LogP contribution < -0.4 is 10.0 Å². The van der Waals surface area contributed by atoms with Gasteiger partial charge in [-0.15, -0.1) is 0 Å². The number of carbonyl (C=O) groups is 2. The Bertz CT molecular complexity index is 1880.